The molecule has 2 amide bonds. The highest BCUT2D eigenvalue weighted by Crippen LogP contribution is 2.31. The fourth-order valence-corrected chi connectivity index (χ4v) is 6.09. The van der Waals surface area contributed by atoms with Crippen molar-refractivity contribution in [2.75, 3.05) is 59.1 Å². The molecule has 26 heavy (non-hydrogen) atoms. The zero-order valence-corrected chi connectivity index (χ0v) is 17.6. The van der Waals surface area contributed by atoms with Gasteiger partial charge in [-0.1, -0.05) is 13.8 Å². The molecular formula is C18H36N4O3S. The molecule has 2 aliphatic heterocycles. The Balaban J connectivity index is 1.85. The highest BCUT2D eigenvalue weighted by molar-refractivity contribution is 7.92. The van der Waals surface area contributed by atoms with Crippen LogP contribution in [-0.4, -0.2) is 99.1 Å². The lowest BCUT2D eigenvalue weighted by molar-refractivity contribution is 0.161. The molecule has 2 saturated heterocycles. The number of carbonyl (C=O) groups excluding carboxylic acids is 1. The van der Waals surface area contributed by atoms with Crippen molar-refractivity contribution in [2.24, 2.45) is 0 Å². The Morgan fingerprint density at radius 2 is 1.77 bits per heavy atom. The van der Waals surface area contributed by atoms with E-state index in [1.165, 1.54) is 0 Å². The molecule has 0 aliphatic carbocycles. The van der Waals surface area contributed by atoms with Crippen molar-refractivity contribution in [3.05, 3.63) is 0 Å². The molecule has 8 heteroatoms. The van der Waals surface area contributed by atoms with Crippen LogP contribution in [-0.2, 0) is 9.84 Å². The predicted molar refractivity (Wildman–Crippen MR) is 105 cm³/mol. The molecule has 7 nitrogen and oxygen atoms in total. The van der Waals surface area contributed by atoms with Crippen LogP contribution in [0.5, 0.6) is 0 Å². The summed E-state index contributed by atoms with van der Waals surface area (Å²) in [6.45, 7) is 8.55. The van der Waals surface area contributed by atoms with Crippen molar-refractivity contribution in [2.45, 2.75) is 50.3 Å². The highest BCUT2D eigenvalue weighted by atomic mass is 32.2. The average Bonchev–Trinajstić information content (AvgIpc) is 2.61. The van der Waals surface area contributed by atoms with Crippen LogP contribution in [0.1, 0.15) is 39.5 Å². The van der Waals surface area contributed by atoms with Gasteiger partial charge in [0.25, 0.3) is 0 Å². The van der Waals surface area contributed by atoms with Crippen molar-refractivity contribution < 1.29 is 13.2 Å². The summed E-state index contributed by atoms with van der Waals surface area (Å²) >= 11 is 0. The van der Waals surface area contributed by atoms with Crippen molar-refractivity contribution >= 4 is 15.9 Å². The fraction of sp³-hybridized carbons (Fsp3) is 0.944. The largest absolute Gasteiger partial charge is 0.335 e. The first-order valence-electron chi connectivity index (χ1n) is 9.88. The first-order valence-corrected chi connectivity index (χ1v) is 11.5. The summed E-state index contributed by atoms with van der Waals surface area (Å²) in [5.41, 5.74) is 0. The van der Waals surface area contributed by atoms with Crippen molar-refractivity contribution in [3.8, 4) is 0 Å². The third kappa shape index (κ3) is 4.89. The maximum Gasteiger partial charge on any atom is 0.317 e. The third-order valence-electron chi connectivity index (χ3n) is 6.12. The topological polar surface area (TPSA) is 73.0 Å². The van der Waals surface area contributed by atoms with Gasteiger partial charge in [-0.05, 0) is 39.8 Å². The minimum atomic E-state index is -3.14. The molecule has 152 valence electrons. The summed E-state index contributed by atoms with van der Waals surface area (Å²) in [4.78, 5) is 19.0. The van der Waals surface area contributed by atoms with E-state index < -0.39 is 14.6 Å². The number of rotatable bonds is 6. The number of nitrogens with zero attached hydrogens (tertiary/aromatic N) is 3. The van der Waals surface area contributed by atoms with Crippen LogP contribution < -0.4 is 5.32 Å². The minimum Gasteiger partial charge on any atom is -0.335 e. The Morgan fingerprint density at radius 3 is 2.31 bits per heavy atom. The number of carbonyl (C=O) groups is 1. The van der Waals surface area contributed by atoms with E-state index in [-0.39, 0.29) is 17.8 Å². The summed E-state index contributed by atoms with van der Waals surface area (Å²) < 4.78 is 24.2. The normalized spacial score (nSPS) is 24.0. The first kappa shape index (κ1) is 21.4. The van der Waals surface area contributed by atoms with E-state index in [0.717, 1.165) is 39.0 Å². The van der Waals surface area contributed by atoms with Gasteiger partial charge in [0, 0.05) is 45.3 Å². The molecule has 2 heterocycles. The number of likely N-dealkylation sites (N-methyl/N-ethyl adjacent to an activating group) is 1. The smallest absolute Gasteiger partial charge is 0.317 e. The number of sulfone groups is 1. The summed E-state index contributed by atoms with van der Waals surface area (Å²) in [6.07, 6.45) is 3.02. The molecule has 0 atom stereocenters. The Bertz CT molecular complexity index is 567. The van der Waals surface area contributed by atoms with Crippen molar-refractivity contribution in [1.29, 1.82) is 0 Å². The number of nitrogens with one attached hydrogen (secondary N) is 1. The van der Waals surface area contributed by atoms with Crippen LogP contribution in [0.25, 0.3) is 0 Å². The summed E-state index contributed by atoms with van der Waals surface area (Å²) in [5, 5.41) is 3.14. The minimum absolute atomic E-state index is 0.0745. The number of urea groups is 1. The lowest BCUT2D eigenvalue weighted by Crippen LogP contribution is -2.60. The SMILES string of the molecule is CCC1(CC)CN(C(=O)NC2CCN(CCN(C)C)CC2)CCS1(=O)=O. The first-order chi connectivity index (χ1) is 12.2. The number of hydrogen-bond acceptors (Lipinski definition) is 5. The van der Waals surface area contributed by atoms with E-state index in [1.807, 2.05) is 13.8 Å². The van der Waals surface area contributed by atoms with Gasteiger partial charge in [0.2, 0.25) is 0 Å². The second-order valence-corrected chi connectivity index (χ2v) is 10.5. The molecule has 0 spiro atoms. The molecule has 0 aromatic carbocycles. The van der Waals surface area contributed by atoms with Crippen LogP contribution >= 0.6 is 0 Å². The van der Waals surface area contributed by atoms with Crippen LogP contribution in [0.3, 0.4) is 0 Å². The van der Waals surface area contributed by atoms with Gasteiger partial charge in [0.15, 0.2) is 9.84 Å². The molecule has 0 aromatic rings. The standard InChI is InChI=1S/C18H36N4O3S/c1-5-18(6-2)15-22(13-14-26(18,24)25)17(23)19-16-7-9-21(10-8-16)12-11-20(3)4/h16H,5-15H2,1-4H3,(H,19,23). The zero-order valence-electron chi connectivity index (χ0n) is 16.8. The summed E-state index contributed by atoms with van der Waals surface area (Å²) in [6, 6.07) is 0.0900. The van der Waals surface area contributed by atoms with E-state index >= 15 is 0 Å². The van der Waals surface area contributed by atoms with Gasteiger partial charge in [-0.15, -0.1) is 0 Å². The van der Waals surface area contributed by atoms with Crippen molar-refractivity contribution in [1.82, 2.24) is 20.0 Å². The number of amides is 2. The average molecular weight is 389 g/mol. The Labute approximate surface area is 159 Å². The molecule has 0 radical (unpaired) electrons. The molecule has 2 aliphatic rings. The van der Waals surface area contributed by atoms with Crippen LogP contribution in [0.2, 0.25) is 0 Å². The van der Waals surface area contributed by atoms with Gasteiger partial charge >= 0.3 is 6.03 Å². The Kier molecular flexibility index (Phi) is 7.33. The van der Waals surface area contributed by atoms with Crippen LogP contribution in [0, 0.1) is 0 Å². The van der Waals surface area contributed by atoms with E-state index in [0.29, 0.717) is 25.9 Å². The highest BCUT2D eigenvalue weighted by Gasteiger charge is 2.46. The summed E-state index contributed by atoms with van der Waals surface area (Å²) in [5.74, 6) is 0.0745. The zero-order chi connectivity index (χ0) is 19.4. The summed E-state index contributed by atoms with van der Waals surface area (Å²) in [7, 11) is 1.03. The van der Waals surface area contributed by atoms with Crippen LogP contribution in [0.4, 0.5) is 4.79 Å². The molecule has 1 N–H and O–H groups in total. The van der Waals surface area contributed by atoms with Gasteiger partial charge in [-0.25, -0.2) is 13.2 Å². The fourth-order valence-electron chi connectivity index (χ4n) is 3.97. The monoisotopic (exact) mass is 388 g/mol. The van der Waals surface area contributed by atoms with Gasteiger partial charge in [0.1, 0.15) is 0 Å². The Morgan fingerprint density at radius 1 is 1.15 bits per heavy atom. The van der Waals surface area contributed by atoms with Crippen LogP contribution in [0.15, 0.2) is 0 Å². The van der Waals surface area contributed by atoms with Crippen molar-refractivity contribution in [3.63, 3.8) is 0 Å². The molecule has 0 aromatic heterocycles. The molecule has 0 unspecified atom stereocenters. The second kappa shape index (κ2) is 8.89. The predicted octanol–water partition coefficient (Wildman–Crippen LogP) is 1.01. The lowest BCUT2D eigenvalue weighted by Gasteiger charge is -2.42. The van der Waals surface area contributed by atoms with Gasteiger partial charge in [-0.3, -0.25) is 0 Å². The molecule has 0 saturated carbocycles. The van der Waals surface area contributed by atoms with E-state index in [1.54, 1.807) is 4.90 Å². The molecule has 0 bridgehead atoms. The molecule has 2 rings (SSSR count). The lowest BCUT2D eigenvalue weighted by atomic mass is 10.0. The maximum absolute atomic E-state index is 12.7. The van der Waals surface area contributed by atoms with E-state index in [2.05, 4.69) is 29.2 Å². The number of piperidine rings is 1. The van der Waals surface area contributed by atoms with E-state index in [4.69, 9.17) is 0 Å². The van der Waals surface area contributed by atoms with Gasteiger partial charge in [-0.2, -0.15) is 0 Å². The molecular weight excluding hydrogens is 352 g/mol. The number of likely N-dealkylation sites (tertiary alicyclic amines) is 1. The Hall–Kier alpha value is -0.860. The third-order valence-corrected chi connectivity index (χ3v) is 8.87. The second-order valence-electron chi connectivity index (χ2n) is 8.00. The van der Waals surface area contributed by atoms with Gasteiger partial charge in [0.05, 0.1) is 10.5 Å². The quantitative estimate of drug-likeness (QED) is 0.735. The molecule has 2 fully saturated rings. The van der Waals surface area contributed by atoms with Gasteiger partial charge < -0.3 is 20.0 Å². The maximum atomic E-state index is 12.7. The number of hydrogen-bond donors (Lipinski definition) is 1. The van der Waals surface area contributed by atoms with E-state index in [9.17, 15) is 13.2 Å².